The Labute approximate surface area is 116 Å². The average molecular weight is 292 g/mol. The van der Waals surface area contributed by atoms with Crippen molar-refractivity contribution in [3.63, 3.8) is 0 Å². The second kappa shape index (κ2) is 6.14. The van der Waals surface area contributed by atoms with E-state index in [1.54, 1.807) is 0 Å². The molecule has 0 unspecified atom stereocenters. The van der Waals surface area contributed by atoms with E-state index in [2.05, 4.69) is 5.32 Å². The van der Waals surface area contributed by atoms with Gasteiger partial charge in [0.1, 0.15) is 23.9 Å². The van der Waals surface area contributed by atoms with Gasteiger partial charge >= 0.3 is 0 Å². The van der Waals surface area contributed by atoms with Gasteiger partial charge in [0.2, 0.25) is 0 Å². The van der Waals surface area contributed by atoms with E-state index in [0.29, 0.717) is 6.07 Å². The van der Waals surface area contributed by atoms with Crippen LogP contribution in [0.5, 0.6) is 0 Å². The first-order valence-corrected chi connectivity index (χ1v) is 5.17. The van der Waals surface area contributed by atoms with Gasteiger partial charge in [-0.05, 0) is 0 Å². The van der Waals surface area contributed by atoms with E-state index in [0.717, 1.165) is 6.07 Å². The summed E-state index contributed by atoms with van der Waals surface area (Å²) in [6.07, 6.45) is 0. The van der Waals surface area contributed by atoms with E-state index in [-0.39, 0.29) is 5.02 Å². The van der Waals surface area contributed by atoms with Crippen molar-refractivity contribution in [3.8, 4) is 18.2 Å². The third-order valence-electron chi connectivity index (χ3n) is 2.07. The Kier molecular flexibility index (Phi) is 4.58. The minimum Gasteiger partial charge on any atom is -0.342 e. The number of nitro benzene ring substituents is 1. The summed E-state index contributed by atoms with van der Waals surface area (Å²) in [5.74, 6) is -1.09. The number of anilines is 1. The van der Waals surface area contributed by atoms with E-state index in [9.17, 15) is 14.5 Å². The fourth-order valence-corrected chi connectivity index (χ4v) is 1.44. The first-order chi connectivity index (χ1) is 9.44. The predicted molar refractivity (Wildman–Crippen MR) is 65.6 cm³/mol. The Morgan fingerprint density at radius 3 is 2.30 bits per heavy atom. The average Bonchev–Trinajstić information content (AvgIpc) is 2.41. The molecular weight excluding hydrogens is 289 g/mol. The van der Waals surface area contributed by atoms with Crippen LogP contribution in [0.25, 0.3) is 0 Å². The van der Waals surface area contributed by atoms with Gasteiger partial charge in [0.15, 0.2) is 11.4 Å². The standard InChI is InChI=1S/C11H3ClFN5O2/c12-8-1-7(18(19)20)2-9(13)11(8)17-10(5-16)6(3-14)4-15/h1-2,17H. The maximum absolute atomic E-state index is 13.7. The minimum absolute atomic E-state index is 0.361. The summed E-state index contributed by atoms with van der Waals surface area (Å²) in [6.45, 7) is 0. The van der Waals surface area contributed by atoms with Gasteiger partial charge in [0.25, 0.3) is 5.69 Å². The Bertz CT molecular complexity index is 700. The molecule has 1 aromatic rings. The zero-order chi connectivity index (χ0) is 15.3. The summed E-state index contributed by atoms with van der Waals surface area (Å²) >= 11 is 5.67. The number of benzene rings is 1. The number of allylic oxidation sites excluding steroid dienone is 2. The van der Waals surface area contributed by atoms with Crippen molar-refractivity contribution in [2.75, 3.05) is 5.32 Å². The van der Waals surface area contributed by atoms with Crippen LogP contribution in [-0.4, -0.2) is 4.92 Å². The molecule has 20 heavy (non-hydrogen) atoms. The lowest BCUT2D eigenvalue weighted by molar-refractivity contribution is -0.385. The highest BCUT2D eigenvalue weighted by Gasteiger charge is 2.17. The topological polar surface area (TPSA) is 127 Å². The molecule has 0 heterocycles. The van der Waals surface area contributed by atoms with Crippen LogP contribution in [0.2, 0.25) is 5.02 Å². The number of hydrogen-bond acceptors (Lipinski definition) is 6. The molecule has 0 saturated heterocycles. The lowest BCUT2D eigenvalue weighted by Crippen LogP contribution is -2.04. The van der Waals surface area contributed by atoms with E-state index in [1.807, 2.05) is 0 Å². The number of nitro groups is 1. The van der Waals surface area contributed by atoms with E-state index in [1.165, 1.54) is 18.2 Å². The number of halogens is 2. The molecule has 1 N–H and O–H groups in total. The second-order valence-electron chi connectivity index (χ2n) is 3.25. The summed E-state index contributed by atoms with van der Waals surface area (Å²) in [5.41, 5.74) is -2.08. The monoisotopic (exact) mass is 291 g/mol. The number of nitrogens with one attached hydrogen (secondary N) is 1. The maximum atomic E-state index is 13.7. The van der Waals surface area contributed by atoms with Crippen LogP contribution in [0.4, 0.5) is 15.8 Å². The molecule has 0 amide bonds. The molecule has 7 nitrogen and oxygen atoms in total. The third-order valence-corrected chi connectivity index (χ3v) is 2.37. The summed E-state index contributed by atoms with van der Waals surface area (Å²) < 4.78 is 13.7. The summed E-state index contributed by atoms with van der Waals surface area (Å²) in [5, 5.41) is 38.4. The molecule has 98 valence electrons. The van der Waals surface area contributed by atoms with Gasteiger partial charge in [-0.25, -0.2) is 4.39 Å². The van der Waals surface area contributed by atoms with Crippen molar-refractivity contribution in [1.29, 1.82) is 15.8 Å². The lowest BCUT2D eigenvalue weighted by Gasteiger charge is -2.08. The Hall–Kier alpha value is -3.15. The maximum Gasteiger partial charge on any atom is 0.274 e. The van der Waals surface area contributed by atoms with Crippen molar-refractivity contribution in [2.45, 2.75) is 0 Å². The highest BCUT2D eigenvalue weighted by Crippen LogP contribution is 2.31. The van der Waals surface area contributed by atoms with Crippen molar-refractivity contribution < 1.29 is 9.31 Å². The van der Waals surface area contributed by atoms with Crippen LogP contribution >= 0.6 is 11.6 Å². The van der Waals surface area contributed by atoms with Gasteiger partial charge in [-0.15, -0.1) is 0 Å². The largest absolute Gasteiger partial charge is 0.342 e. The van der Waals surface area contributed by atoms with Crippen molar-refractivity contribution in [2.24, 2.45) is 0 Å². The molecule has 0 radical (unpaired) electrons. The van der Waals surface area contributed by atoms with Crippen LogP contribution < -0.4 is 5.32 Å². The Balaban J connectivity index is 3.35. The number of non-ortho nitro benzene ring substituents is 1. The van der Waals surface area contributed by atoms with E-state index >= 15 is 0 Å². The predicted octanol–water partition coefficient (Wildman–Crippen LogP) is 2.62. The zero-order valence-electron chi connectivity index (χ0n) is 9.52. The summed E-state index contributed by atoms with van der Waals surface area (Å²) in [7, 11) is 0. The molecule has 0 bridgehead atoms. The summed E-state index contributed by atoms with van der Waals surface area (Å²) in [4.78, 5) is 9.67. The van der Waals surface area contributed by atoms with Crippen LogP contribution in [0.3, 0.4) is 0 Å². The molecule has 0 aliphatic heterocycles. The Morgan fingerprint density at radius 1 is 1.30 bits per heavy atom. The molecule has 0 atom stereocenters. The molecule has 0 saturated carbocycles. The number of hydrogen-bond donors (Lipinski definition) is 1. The van der Waals surface area contributed by atoms with Crippen molar-refractivity contribution in [3.05, 3.63) is 44.4 Å². The molecule has 0 spiro atoms. The van der Waals surface area contributed by atoms with Crippen LogP contribution in [-0.2, 0) is 0 Å². The quantitative estimate of drug-likeness (QED) is 0.518. The van der Waals surface area contributed by atoms with Crippen molar-refractivity contribution >= 4 is 23.0 Å². The third kappa shape index (κ3) is 2.99. The van der Waals surface area contributed by atoms with Crippen LogP contribution in [0.15, 0.2) is 23.4 Å². The minimum atomic E-state index is -1.09. The van der Waals surface area contributed by atoms with E-state index < -0.39 is 33.4 Å². The van der Waals surface area contributed by atoms with Crippen LogP contribution in [0, 0.1) is 49.9 Å². The zero-order valence-corrected chi connectivity index (χ0v) is 10.3. The lowest BCUT2D eigenvalue weighted by atomic mass is 10.2. The Morgan fingerprint density at radius 2 is 1.90 bits per heavy atom. The highest BCUT2D eigenvalue weighted by molar-refractivity contribution is 6.33. The first-order valence-electron chi connectivity index (χ1n) is 4.79. The summed E-state index contributed by atoms with van der Waals surface area (Å²) in [6, 6.07) is 5.89. The van der Waals surface area contributed by atoms with Gasteiger partial charge in [0, 0.05) is 6.07 Å². The molecule has 0 fully saturated rings. The normalized spacial score (nSPS) is 8.75. The molecule has 1 aromatic carbocycles. The molecule has 9 heteroatoms. The first kappa shape index (κ1) is 14.9. The molecule has 0 aromatic heterocycles. The van der Waals surface area contributed by atoms with Gasteiger partial charge in [-0.2, -0.15) is 15.8 Å². The number of rotatable bonds is 3. The second-order valence-corrected chi connectivity index (χ2v) is 3.66. The van der Waals surface area contributed by atoms with Crippen LogP contribution in [0.1, 0.15) is 0 Å². The van der Waals surface area contributed by atoms with Gasteiger partial charge in [0.05, 0.1) is 21.7 Å². The SMILES string of the molecule is N#CC(C#N)=C(C#N)Nc1c(F)cc([N+](=O)[O-])cc1Cl. The number of nitrogens with zero attached hydrogens (tertiary/aromatic N) is 4. The fourth-order valence-electron chi connectivity index (χ4n) is 1.19. The number of nitriles is 3. The fraction of sp³-hybridized carbons (Fsp3) is 0. The molecule has 0 aliphatic rings. The molecule has 1 rings (SSSR count). The van der Waals surface area contributed by atoms with E-state index in [4.69, 9.17) is 27.4 Å². The van der Waals surface area contributed by atoms with Gasteiger partial charge < -0.3 is 5.32 Å². The molecular formula is C11H3ClFN5O2. The smallest absolute Gasteiger partial charge is 0.274 e. The van der Waals surface area contributed by atoms with Gasteiger partial charge in [-0.1, -0.05) is 11.6 Å². The molecule has 0 aliphatic carbocycles. The van der Waals surface area contributed by atoms with Crippen molar-refractivity contribution in [1.82, 2.24) is 0 Å². The highest BCUT2D eigenvalue weighted by atomic mass is 35.5. The van der Waals surface area contributed by atoms with Gasteiger partial charge in [-0.3, -0.25) is 10.1 Å².